The second kappa shape index (κ2) is 7.34. The van der Waals surface area contributed by atoms with Crippen molar-refractivity contribution < 1.29 is 4.74 Å². The van der Waals surface area contributed by atoms with E-state index in [2.05, 4.69) is 17.1 Å². The van der Waals surface area contributed by atoms with Crippen molar-refractivity contribution in [2.24, 2.45) is 11.8 Å². The molecule has 1 heterocycles. The molecule has 2 rings (SSSR count). The van der Waals surface area contributed by atoms with Gasteiger partial charge in [-0.15, -0.1) is 0 Å². The largest absolute Gasteiger partial charge is 0.379 e. The van der Waals surface area contributed by atoms with Crippen LogP contribution in [0, 0.1) is 11.8 Å². The molecular formula is C14H28N2O. The molecule has 17 heavy (non-hydrogen) atoms. The summed E-state index contributed by atoms with van der Waals surface area (Å²) in [5, 5.41) is 3.63. The predicted octanol–water partition coefficient (Wildman–Crippen LogP) is 1.73. The maximum atomic E-state index is 5.35. The fraction of sp³-hybridized carbons (Fsp3) is 1.00. The first-order chi connectivity index (χ1) is 8.34. The van der Waals surface area contributed by atoms with Gasteiger partial charge in [-0.05, 0) is 31.2 Å². The number of hydrogen-bond acceptors (Lipinski definition) is 3. The summed E-state index contributed by atoms with van der Waals surface area (Å²) in [6, 6.07) is 0. The van der Waals surface area contributed by atoms with Gasteiger partial charge in [-0.2, -0.15) is 0 Å². The van der Waals surface area contributed by atoms with Crippen LogP contribution in [0.15, 0.2) is 0 Å². The molecule has 100 valence electrons. The first kappa shape index (κ1) is 13.3. The van der Waals surface area contributed by atoms with Gasteiger partial charge in [0.05, 0.1) is 13.2 Å². The lowest BCUT2D eigenvalue weighted by molar-refractivity contribution is 0.0383. The molecule has 1 saturated carbocycles. The number of rotatable bonds is 5. The predicted molar refractivity (Wildman–Crippen MR) is 71.3 cm³/mol. The molecule has 0 amide bonds. The molecule has 0 radical (unpaired) electrons. The van der Waals surface area contributed by atoms with E-state index in [-0.39, 0.29) is 0 Å². The lowest BCUT2D eigenvalue weighted by atomic mass is 9.83. The van der Waals surface area contributed by atoms with Gasteiger partial charge in [0.25, 0.3) is 0 Å². The van der Waals surface area contributed by atoms with Gasteiger partial charge >= 0.3 is 0 Å². The van der Waals surface area contributed by atoms with E-state index in [0.717, 1.165) is 44.7 Å². The fourth-order valence-electron chi connectivity index (χ4n) is 2.90. The van der Waals surface area contributed by atoms with E-state index in [1.807, 2.05) is 0 Å². The molecule has 1 N–H and O–H groups in total. The van der Waals surface area contributed by atoms with Crippen molar-refractivity contribution in [1.82, 2.24) is 10.2 Å². The van der Waals surface area contributed by atoms with Gasteiger partial charge in [0.1, 0.15) is 0 Å². The highest BCUT2D eigenvalue weighted by Gasteiger charge is 2.17. The van der Waals surface area contributed by atoms with Crippen molar-refractivity contribution in [1.29, 1.82) is 0 Å². The third-order valence-corrected chi connectivity index (χ3v) is 4.28. The highest BCUT2D eigenvalue weighted by Crippen LogP contribution is 2.27. The van der Waals surface area contributed by atoms with Crippen LogP contribution < -0.4 is 5.32 Å². The second-order valence-corrected chi connectivity index (χ2v) is 5.78. The minimum absolute atomic E-state index is 0.917. The van der Waals surface area contributed by atoms with Crippen molar-refractivity contribution in [3.05, 3.63) is 0 Å². The molecule has 3 nitrogen and oxygen atoms in total. The minimum Gasteiger partial charge on any atom is -0.379 e. The number of morpholine rings is 1. The Labute approximate surface area is 106 Å². The summed E-state index contributed by atoms with van der Waals surface area (Å²) in [6.07, 6.45) is 5.75. The summed E-state index contributed by atoms with van der Waals surface area (Å²) in [7, 11) is 0. The zero-order valence-electron chi connectivity index (χ0n) is 11.3. The van der Waals surface area contributed by atoms with E-state index < -0.39 is 0 Å². The molecule has 1 aliphatic heterocycles. The normalized spacial score (nSPS) is 31.6. The Balaban J connectivity index is 1.48. The summed E-state index contributed by atoms with van der Waals surface area (Å²) in [5.41, 5.74) is 0. The van der Waals surface area contributed by atoms with Crippen LogP contribution in [0.1, 0.15) is 32.6 Å². The smallest absolute Gasteiger partial charge is 0.0594 e. The quantitative estimate of drug-likeness (QED) is 0.741. The molecule has 3 heteroatoms. The maximum absolute atomic E-state index is 5.35. The third kappa shape index (κ3) is 4.94. The van der Waals surface area contributed by atoms with Crippen LogP contribution in [0.3, 0.4) is 0 Å². The molecule has 0 aromatic rings. The Bertz CT molecular complexity index is 196. The van der Waals surface area contributed by atoms with Gasteiger partial charge in [0.15, 0.2) is 0 Å². The van der Waals surface area contributed by atoms with Crippen LogP contribution in [-0.2, 0) is 4.74 Å². The molecule has 1 aliphatic carbocycles. The van der Waals surface area contributed by atoms with Crippen molar-refractivity contribution in [2.45, 2.75) is 32.6 Å². The van der Waals surface area contributed by atoms with Gasteiger partial charge < -0.3 is 10.1 Å². The molecule has 0 unspecified atom stereocenters. The Kier molecular flexibility index (Phi) is 5.75. The van der Waals surface area contributed by atoms with E-state index in [1.165, 1.54) is 38.8 Å². The van der Waals surface area contributed by atoms with Crippen molar-refractivity contribution in [3.8, 4) is 0 Å². The number of hydrogen-bond donors (Lipinski definition) is 1. The van der Waals surface area contributed by atoms with E-state index in [9.17, 15) is 0 Å². The SMILES string of the molecule is CC1CCC(CNCCN2CCOCC2)CC1. The third-order valence-electron chi connectivity index (χ3n) is 4.28. The van der Waals surface area contributed by atoms with E-state index >= 15 is 0 Å². The standard InChI is InChI=1S/C14H28N2O/c1-13-2-4-14(5-3-13)12-15-6-7-16-8-10-17-11-9-16/h13-15H,2-12H2,1H3. The minimum atomic E-state index is 0.917. The molecule has 0 aromatic carbocycles. The average Bonchev–Trinajstić information content (AvgIpc) is 2.38. The Morgan fingerprint density at radius 2 is 1.82 bits per heavy atom. The number of nitrogens with one attached hydrogen (secondary N) is 1. The molecule has 0 atom stereocenters. The molecule has 0 bridgehead atoms. The lowest BCUT2D eigenvalue weighted by Gasteiger charge is -2.28. The summed E-state index contributed by atoms with van der Waals surface area (Å²) in [6.45, 7) is 10.0. The summed E-state index contributed by atoms with van der Waals surface area (Å²) in [4.78, 5) is 2.50. The van der Waals surface area contributed by atoms with Crippen molar-refractivity contribution in [2.75, 3.05) is 45.9 Å². The summed E-state index contributed by atoms with van der Waals surface area (Å²) >= 11 is 0. The van der Waals surface area contributed by atoms with E-state index in [4.69, 9.17) is 4.74 Å². The fourth-order valence-corrected chi connectivity index (χ4v) is 2.90. The lowest BCUT2D eigenvalue weighted by Crippen LogP contribution is -2.41. The summed E-state index contributed by atoms with van der Waals surface area (Å²) < 4.78 is 5.35. The van der Waals surface area contributed by atoms with Crippen LogP contribution >= 0.6 is 0 Å². The Morgan fingerprint density at radius 1 is 1.12 bits per heavy atom. The van der Waals surface area contributed by atoms with Crippen LogP contribution in [0.2, 0.25) is 0 Å². The van der Waals surface area contributed by atoms with Crippen LogP contribution in [-0.4, -0.2) is 50.8 Å². The van der Waals surface area contributed by atoms with Gasteiger partial charge in [-0.3, -0.25) is 4.90 Å². The van der Waals surface area contributed by atoms with Crippen molar-refractivity contribution in [3.63, 3.8) is 0 Å². The molecule has 2 fully saturated rings. The molecular weight excluding hydrogens is 212 g/mol. The van der Waals surface area contributed by atoms with Gasteiger partial charge in [-0.25, -0.2) is 0 Å². The zero-order valence-corrected chi connectivity index (χ0v) is 11.3. The monoisotopic (exact) mass is 240 g/mol. The number of ether oxygens (including phenoxy) is 1. The molecule has 0 spiro atoms. The zero-order chi connectivity index (χ0) is 11.9. The Morgan fingerprint density at radius 3 is 2.53 bits per heavy atom. The van der Waals surface area contributed by atoms with Crippen LogP contribution in [0.25, 0.3) is 0 Å². The molecule has 1 saturated heterocycles. The van der Waals surface area contributed by atoms with Crippen LogP contribution in [0.5, 0.6) is 0 Å². The average molecular weight is 240 g/mol. The topological polar surface area (TPSA) is 24.5 Å². The molecule has 2 aliphatic rings. The van der Waals surface area contributed by atoms with E-state index in [0.29, 0.717) is 0 Å². The van der Waals surface area contributed by atoms with Gasteiger partial charge in [-0.1, -0.05) is 19.8 Å². The van der Waals surface area contributed by atoms with Gasteiger partial charge in [0.2, 0.25) is 0 Å². The maximum Gasteiger partial charge on any atom is 0.0594 e. The number of nitrogens with zero attached hydrogens (tertiary/aromatic N) is 1. The summed E-state index contributed by atoms with van der Waals surface area (Å²) in [5.74, 6) is 1.91. The first-order valence-electron chi connectivity index (χ1n) is 7.35. The Hall–Kier alpha value is -0.120. The first-order valence-corrected chi connectivity index (χ1v) is 7.35. The van der Waals surface area contributed by atoms with E-state index in [1.54, 1.807) is 0 Å². The highest BCUT2D eigenvalue weighted by atomic mass is 16.5. The van der Waals surface area contributed by atoms with Crippen LogP contribution in [0.4, 0.5) is 0 Å². The second-order valence-electron chi connectivity index (χ2n) is 5.78. The highest BCUT2D eigenvalue weighted by molar-refractivity contribution is 4.72. The molecule has 0 aromatic heterocycles. The van der Waals surface area contributed by atoms with Crippen molar-refractivity contribution >= 4 is 0 Å². The van der Waals surface area contributed by atoms with Gasteiger partial charge in [0, 0.05) is 26.2 Å².